The average molecular weight is 295 g/mol. The number of rotatable bonds is 6. The lowest BCUT2D eigenvalue weighted by Crippen LogP contribution is -2.28. The van der Waals surface area contributed by atoms with Crippen LogP contribution in [0.4, 0.5) is 0 Å². The van der Waals surface area contributed by atoms with Gasteiger partial charge in [-0.2, -0.15) is 5.10 Å². The summed E-state index contributed by atoms with van der Waals surface area (Å²) >= 11 is 0. The molecule has 0 bridgehead atoms. The van der Waals surface area contributed by atoms with Crippen LogP contribution in [0, 0.1) is 6.92 Å². The van der Waals surface area contributed by atoms with Gasteiger partial charge in [0.1, 0.15) is 10.6 Å². The average Bonchev–Trinajstić information content (AvgIpc) is 2.91. The first-order chi connectivity index (χ1) is 9.53. The predicted molar refractivity (Wildman–Crippen MR) is 75.1 cm³/mol. The molecule has 0 unspecified atom stereocenters. The lowest BCUT2D eigenvalue weighted by atomic mass is 10.2. The van der Waals surface area contributed by atoms with Crippen LogP contribution in [-0.2, 0) is 16.6 Å². The van der Waals surface area contributed by atoms with Crippen molar-refractivity contribution in [1.29, 1.82) is 0 Å². The summed E-state index contributed by atoms with van der Waals surface area (Å²) < 4.78 is 33.9. The van der Waals surface area contributed by atoms with Crippen LogP contribution in [0.5, 0.6) is 5.75 Å². The predicted octanol–water partition coefficient (Wildman–Crippen LogP) is 1.18. The highest BCUT2D eigenvalue weighted by atomic mass is 32.2. The number of hydrogen-bond donors (Lipinski definition) is 1. The van der Waals surface area contributed by atoms with Crippen molar-refractivity contribution in [2.75, 3.05) is 13.7 Å². The van der Waals surface area contributed by atoms with Gasteiger partial charge in [-0.3, -0.25) is 4.68 Å². The maximum atomic E-state index is 12.3. The molecule has 0 radical (unpaired) electrons. The summed E-state index contributed by atoms with van der Waals surface area (Å²) in [7, 11) is -2.14. The lowest BCUT2D eigenvalue weighted by Gasteiger charge is -2.11. The summed E-state index contributed by atoms with van der Waals surface area (Å²) in [6.07, 6.45) is 3.43. The van der Waals surface area contributed by atoms with Crippen molar-refractivity contribution in [3.05, 3.63) is 42.2 Å². The normalized spacial score (nSPS) is 11.5. The van der Waals surface area contributed by atoms with Crippen LogP contribution in [-0.4, -0.2) is 31.9 Å². The van der Waals surface area contributed by atoms with Crippen LogP contribution >= 0.6 is 0 Å². The maximum Gasteiger partial charge on any atom is 0.244 e. The molecule has 0 fully saturated rings. The van der Waals surface area contributed by atoms with Crippen molar-refractivity contribution in [2.24, 2.45) is 0 Å². The highest BCUT2D eigenvalue weighted by Crippen LogP contribution is 2.24. The first-order valence-electron chi connectivity index (χ1n) is 6.14. The van der Waals surface area contributed by atoms with E-state index in [2.05, 4.69) is 9.82 Å². The van der Waals surface area contributed by atoms with Gasteiger partial charge in [-0.05, 0) is 30.7 Å². The van der Waals surface area contributed by atoms with Gasteiger partial charge < -0.3 is 4.74 Å². The minimum atomic E-state index is -3.59. The molecule has 0 aliphatic heterocycles. The van der Waals surface area contributed by atoms with Gasteiger partial charge in [0.25, 0.3) is 0 Å². The maximum absolute atomic E-state index is 12.3. The number of sulfonamides is 1. The molecule has 2 aromatic rings. The monoisotopic (exact) mass is 295 g/mol. The SMILES string of the molecule is COc1ccc(C)cc1S(=O)(=O)NCCn1cccn1. The highest BCUT2D eigenvalue weighted by Gasteiger charge is 2.19. The first-order valence-corrected chi connectivity index (χ1v) is 7.63. The number of nitrogens with one attached hydrogen (secondary N) is 1. The van der Waals surface area contributed by atoms with Gasteiger partial charge in [0.05, 0.1) is 13.7 Å². The van der Waals surface area contributed by atoms with Gasteiger partial charge >= 0.3 is 0 Å². The fraction of sp³-hybridized carbons (Fsp3) is 0.308. The van der Waals surface area contributed by atoms with Crippen LogP contribution in [0.15, 0.2) is 41.6 Å². The lowest BCUT2D eigenvalue weighted by molar-refractivity contribution is 0.402. The van der Waals surface area contributed by atoms with Gasteiger partial charge in [0, 0.05) is 18.9 Å². The van der Waals surface area contributed by atoms with Gasteiger partial charge in [-0.25, -0.2) is 13.1 Å². The number of ether oxygens (including phenoxy) is 1. The molecule has 108 valence electrons. The zero-order valence-corrected chi connectivity index (χ0v) is 12.2. The molecule has 1 aromatic carbocycles. The summed E-state index contributed by atoms with van der Waals surface area (Å²) in [5.41, 5.74) is 0.859. The van der Waals surface area contributed by atoms with E-state index >= 15 is 0 Å². The van der Waals surface area contributed by atoms with Crippen LogP contribution < -0.4 is 9.46 Å². The van der Waals surface area contributed by atoms with Crippen LogP contribution in [0.3, 0.4) is 0 Å². The van der Waals surface area contributed by atoms with Gasteiger partial charge in [0.2, 0.25) is 10.0 Å². The zero-order valence-electron chi connectivity index (χ0n) is 11.4. The zero-order chi connectivity index (χ0) is 14.6. The van der Waals surface area contributed by atoms with E-state index in [0.29, 0.717) is 12.3 Å². The van der Waals surface area contributed by atoms with E-state index in [9.17, 15) is 8.42 Å². The van der Waals surface area contributed by atoms with Crippen LogP contribution in [0.1, 0.15) is 5.56 Å². The minimum Gasteiger partial charge on any atom is -0.495 e. The first kappa shape index (κ1) is 14.5. The molecule has 1 heterocycles. The Hall–Kier alpha value is -1.86. The second-order valence-electron chi connectivity index (χ2n) is 4.32. The molecule has 0 saturated heterocycles. The van der Waals surface area contributed by atoms with Crippen LogP contribution in [0.25, 0.3) is 0 Å². The highest BCUT2D eigenvalue weighted by molar-refractivity contribution is 7.89. The van der Waals surface area contributed by atoms with E-state index < -0.39 is 10.0 Å². The molecular formula is C13H17N3O3S. The fourth-order valence-electron chi connectivity index (χ4n) is 1.80. The van der Waals surface area contributed by atoms with E-state index in [1.54, 1.807) is 35.3 Å². The number of hydrogen-bond acceptors (Lipinski definition) is 4. The van der Waals surface area contributed by atoms with Crippen molar-refractivity contribution in [2.45, 2.75) is 18.4 Å². The van der Waals surface area contributed by atoms with Crippen molar-refractivity contribution >= 4 is 10.0 Å². The molecule has 0 aliphatic carbocycles. The third-order valence-electron chi connectivity index (χ3n) is 2.80. The number of benzene rings is 1. The van der Waals surface area contributed by atoms with E-state index in [1.165, 1.54) is 7.11 Å². The van der Waals surface area contributed by atoms with Crippen molar-refractivity contribution in [1.82, 2.24) is 14.5 Å². The summed E-state index contributed by atoms with van der Waals surface area (Å²) in [5.74, 6) is 0.335. The molecule has 2 rings (SSSR count). The fourth-order valence-corrected chi connectivity index (χ4v) is 3.07. The van der Waals surface area contributed by atoms with Gasteiger partial charge in [-0.1, -0.05) is 6.07 Å². The summed E-state index contributed by atoms with van der Waals surface area (Å²) in [6, 6.07) is 6.84. The van der Waals surface area contributed by atoms with Gasteiger partial charge in [0.15, 0.2) is 0 Å². The Morgan fingerprint density at radius 1 is 1.40 bits per heavy atom. The second kappa shape index (κ2) is 6.06. The van der Waals surface area contributed by atoms with Crippen molar-refractivity contribution in [3.63, 3.8) is 0 Å². The topological polar surface area (TPSA) is 73.2 Å². The Morgan fingerprint density at radius 3 is 2.85 bits per heavy atom. The number of nitrogens with zero attached hydrogens (tertiary/aromatic N) is 2. The molecule has 6 nitrogen and oxygen atoms in total. The molecule has 0 spiro atoms. The molecule has 0 atom stereocenters. The van der Waals surface area contributed by atoms with E-state index in [1.807, 2.05) is 13.0 Å². The van der Waals surface area contributed by atoms with Gasteiger partial charge in [-0.15, -0.1) is 0 Å². The molecular weight excluding hydrogens is 278 g/mol. The Bertz CT molecular complexity index is 666. The third kappa shape index (κ3) is 3.37. The Kier molecular flexibility index (Phi) is 4.41. The summed E-state index contributed by atoms with van der Waals surface area (Å²) in [5, 5.41) is 4.01. The smallest absolute Gasteiger partial charge is 0.244 e. The number of methoxy groups -OCH3 is 1. The van der Waals surface area contributed by atoms with Crippen molar-refractivity contribution < 1.29 is 13.2 Å². The molecule has 1 aromatic heterocycles. The summed E-state index contributed by atoms with van der Waals surface area (Å²) in [6.45, 7) is 2.57. The minimum absolute atomic E-state index is 0.153. The Balaban J connectivity index is 2.11. The molecule has 0 amide bonds. The molecule has 20 heavy (non-hydrogen) atoms. The number of aromatic nitrogens is 2. The molecule has 0 saturated carbocycles. The molecule has 1 N–H and O–H groups in total. The van der Waals surface area contributed by atoms with E-state index in [-0.39, 0.29) is 11.4 Å². The summed E-state index contributed by atoms with van der Waals surface area (Å²) in [4.78, 5) is 0.153. The number of aryl methyl sites for hydroxylation is 1. The van der Waals surface area contributed by atoms with E-state index in [0.717, 1.165) is 5.56 Å². The largest absolute Gasteiger partial charge is 0.495 e. The molecule has 0 aliphatic rings. The standard InChI is InChI=1S/C13H17N3O3S/c1-11-4-5-12(19-2)13(10-11)20(17,18)15-7-9-16-8-3-6-14-16/h3-6,8,10,15H,7,9H2,1-2H3. The van der Waals surface area contributed by atoms with E-state index in [4.69, 9.17) is 4.74 Å². The Labute approximate surface area is 118 Å². The third-order valence-corrected chi connectivity index (χ3v) is 4.28. The quantitative estimate of drug-likeness (QED) is 0.868. The Morgan fingerprint density at radius 2 is 2.20 bits per heavy atom. The second-order valence-corrected chi connectivity index (χ2v) is 6.06. The van der Waals surface area contributed by atoms with Crippen molar-refractivity contribution in [3.8, 4) is 5.75 Å². The molecule has 7 heteroatoms. The van der Waals surface area contributed by atoms with Crippen LogP contribution in [0.2, 0.25) is 0 Å².